The van der Waals surface area contributed by atoms with Crippen LogP contribution in [0.25, 0.3) is 0 Å². The van der Waals surface area contributed by atoms with Gasteiger partial charge in [0.2, 0.25) is 0 Å². The maximum atomic E-state index is 11.2. The Morgan fingerprint density at radius 2 is 2.10 bits per heavy atom. The third-order valence-corrected chi connectivity index (χ3v) is 3.44. The lowest BCUT2D eigenvalue weighted by Crippen LogP contribution is -2.25. The number of halogens is 1. The third kappa shape index (κ3) is 4.34. The van der Waals surface area contributed by atoms with Crippen LogP contribution in [0.5, 0.6) is 5.75 Å². The van der Waals surface area contributed by atoms with Crippen molar-refractivity contribution in [1.82, 2.24) is 10.2 Å². The number of aryl methyl sites for hydroxylation is 1. The zero-order valence-corrected chi connectivity index (χ0v) is 14.7. The molecule has 112 valence electrons. The monoisotopic (exact) mass is 390 g/mol. The Balaban J connectivity index is 0.000000956. The summed E-state index contributed by atoms with van der Waals surface area (Å²) >= 11 is 2.15. The number of rotatable bonds is 2. The molecule has 5 heteroatoms. The van der Waals surface area contributed by atoms with Crippen molar-refractivity contribution in [1.29, 1.82) is 0 Å². The molecule has 1 N–H and O–H groups in total. The molecule has 4 nitrogen and oxygen atoms in total. The van der Waals surface area contributed by atoms with Gasteiger partial charge in [0.25, 0.3) is 0 Å². The molecule has 0 saturated carbocycles. The first-order valence-electron chi connectivity index (χ1n) is 6.68. The lowest BCUT2D eigenvalue weighted by Gasteiger charge is -2.30. The predicted molar refractivity (Wildman–Crippen MR) is 90.8 cm³/mol. The molecule has 2 rings (SSSR count). The van der Waals surface area contributed by atoms with Crippen LogP contribution in [0.3, 0.4) is 0 Å². The highest BCUT2D eigenvalue weighted by Gasteiger charge is 2.22. The van der Waals surface area contributed by atoms with Crippen LogP contribution in [0.2, 0.25) is 0 Å². The van der Waals surface area contributed by atoms with Crippen molar-refractivity contribution in [3.63, 3.8) is 0 Å². The van der Waals surface area contributed by atoms with E-state index in [-0.39, 0.29) is 0 Å². The Kier molecular flexibility index (Phi) is 7.29. The second-order valence-electron chi connectivity index (χ2n) is 4.87. The highest BCUT2D eigenvalue weighted by atomic mass is 127. The predicted octanol–water partition coefficient (Wildman–Crippen LogP) is 3.40. The number of benzene rings is 1. The Morgan fingerprint density at radius 1 is 1.40 bits per heavy atom. The van der Waals surface area contributed by atoms with Gasteiger partial charge in [-0.2, -0.15) is 0 Å². The Labute approximate surface area is 135 Å². The third-order valence-electron chi connectivity index (χ3n) is 3.44. The van der Waals surface area contributed by atoms with Crippen LogP contribution in [0.1, 0.15) is 30.0 Å². The standard InChI is InChI=1S/C14H20N2O2.CH3I/c1-15-14(17)18-11-7-8-12-10(9-11)5-4-6-13(12)16(2)3;1-2/h7-9,13H,4-6H2,1-3H3,(H,15,17);1H3. The minimum absolute atomic E-state index is 0.421. The van der Waals surface area contributed by atoms with Crippen molar-refractivity contribution in [2.45, 2.75) is 25.3 Å². The number of hydrogen-bond acceptors (Lipinski definition) is 3. The fourth-order valence-electron chi connectivity index (χ4n) is 2.52. The van der Waals surface area contributed by atoms with Gasteiger partial charge in [-0.25, -0.2) is 4.79 Å². The molecule has 1 aromatic carbocycles. The molecule has 0 heterocycles. The molecule has 0 fully saturated rings. The van der Waals surface area contributed by atoms with Crippen molar-refractivity contribution in [3.05, 3.63) is 29.3 Å². The molecule has 0 aromatic heterocycles. The maximum absolute atomic E-state index is 11.2. The number of ether oxygens (including phenoxy) is 1. The minimum atomic E-state index is -0.421. The van der Waals surface area contributed by atoms with E-state index in [0.29, 0.717) is 11.8 Å². The normalized spacial score (nSPS) is 16.8. The van der Waals surface area contributed by atoms with Crippen LogP contribution in [0.4, 0.5) is 4.79 Å². The molecule has 0 spiro atoms. The summed E-state index contributed by atoms with van der Waals surface area (Å²) in [6.07, 6.45) is 3.01. The van der Waals surface area contributed by atoms with E-state index in [1.807, 2.05) is 17.1 Å². The number of fused-ring (bicyclic) bond motifs is 1. The molecule has 1 unspecified atom stereocenters. The highest BCUT2D eigenvalue weighted by molar-refractivity contribution is 14.1. The van der Waals surface area contributed by atoms with E-state index in [9.17, 15) is 4.79 Å². The van der Waals surface area contributed by atoms with Crippen molar-refractivity contribution in [3.8, 4) is 5.75 Å². The molecule has 1 atom stereocenters. The summed E-state index contributed by atoms with van der Waals surface area (Å²) in [4.78, 5) is 15.4. The van der Waals surface area contributed by atoms with E-state index in [0.717, 1.165) is 6.42 Å². The van der Waals surface area contributed by atoms with Gasteiger partial charge in [-0.3, -0.25) is 0 Å². The summed E-state index contributed by atoms with van der Waals surface area (Å²) in [5.74, 6) is 0.618. The lowest BCUT2D eigenvalue weighted by atomic mass is 9.87. The van der Waals surface area contributed by atoms with E-state index in [1.165, 1.54) is 24.0 Å². The van der Waals surface area contributed by atoms with Gasteiger partial charge in [0, 0.05) is 13.1 Å². The molecular formula is C15H23IN2O2. The van der Waals surface area contributed by atoms with E-state index in [2.05, 4.69) is 53.0 Å². The van der Waals surface area contributed by atoms with Gasteiger partial charge in [-0.05, 0) is 61.5 Å². The highest BCUT2D eigenvalue weighted by Crippen LogP contribution is 2.34. The SMILES string of the molecule is CI.CNC(=O)Oc1ccc2c(c1)CCCC2N(C)C. The quantitative estimate of drug-likeness (QED) is 0.622. The first kappa shape index (κ1) is 17.2. The number of carbonyl (C=O) groups excluding carboxylic acids is 1. The van der Waals surface area contributed by atoms with Crippen LogP contribution >= 0.6 is 22.6 Å². The largest absolute Gasteiger partial charge is 0.412 e. The number of carbonyl (C=O) groups is 1. The van der Waals surface area contributed by atoms with Gasteiger partial charge in [0.15, 0.2) is 0 Å². The minimum Gasteiger partial charge on any atom is -0.410 e. The first-order chi connectivity index (χ1) is 9.61. The van der Waals surface area contributed by atoms with E-state index in [1.54, 1.807) is 7.05 Å². The molecule has 0 aliphatic heterocycles. The van der Waals surface area contributed by atoms with Gasteiger partial charge in [0.05, 0.1) is 0 Å². The molecule has 0 bridgehead atoms. The molecule has 1 aromatic rings. The maximum Gasteiger partial charge on any atom is 0.412 e. The van der Waals surface area contributed by atoms with Gasteiger partial charge in [0.1, 0.15) is 5.75 Å². The zero-order valence-electron chi connectivity index (χ0n) is 12.6. The average Bonchev–Trinajstić information content (AvgIpc) is 2.48. The van der Waals surface area contributed by atoms with Crippen molar-refractivity contribution >= 4 is 28.7 Å². The smallest absolute Gasteiger partial charge is 0.410 e. The van der Waals surface area contributed by atoms with E-state index < -0.39 is 6.09 Å². The summed E-state index contributed by atoms with van der Waals surface area (Å²) in [5, 5.41) is 2.45. The summed E-state index contributed by atoms with van der Waals surface area (Å²) in [5.41, 5.74) is 2.65. The summed E-state index contributed by atoms with van der Waals surface area (Å²) in [7, 11) is 5.77. The fourth-order valence-corrected chi connectivity index (χ4v) is 2.52. The first-order valence-corrected chi connectivity index (χ1v) is 8.84. The van der Waals surface area contributed by atoms with Gasteiger partial charge >= 0.3 is 6.09 Å². The zero-order chi connectivity index (χ0) is 15.1. The number of nitrogens with one attached hydrogen (secondary N) is 1. The molecule has 1 aliphatic rings. The van der Waals surface area contributed by atoms with Crippen molar-refractivity contribution < 1.29 is 9.53 Å². The summed E-state index contributed by atoms with van der Waals surface area (Å²) < 4.78 is 5.16. The summed E-state index contributed by atoms with van der Waals surface area (Å²) in [6, 6.07) is 6.41. The molecule has 0 saturated heterocycles. The van der Waals surface area contributed by atoms with Crippen LogP contribution < -0.4 is 10.1 Å². The van der Waals surface area contributed by atoms with Gasteiger partial charge in [-0.15, -0.1) is 0 Å². The van der Waals surface area contributed by atoms with Crippen molar-refractivity contribution in [2.24, 2.45) is 0 Å². The molecule has 1 amide bonds. The van der Waals surface area contributed by atoms with Crippen LogP contribution in [-0.2, 0) is 6.42 Å². The topological polar surface area (TPSA) is 41.6 Å². The fraction of sp³-hybridized carbons (Fsp3) is 0.533. The van der Waals surface area contributed by atoms with Crippen LogP contribution in [0, 0.1) is 0 Å². The molecule has 20 heavy (non-hydrogen) atoms. The second-order valence-corrected chi connectivity index (χ2v) is 4.87. The van der Waals surface area contributed by atoms with Crippen LogP contribution in [0.15, 0.2) is 18.2 Å². The number of alkyl halides is 1. The number of nitrogens with zero attached hydrogens (tertiary/aromatic N) is 1. The lowest BCUT2D eigenvalue weighted by molar-refractivity contribution is 0.202. The van der Waals surface area contributed by atoms with Gasteiger partial charge < -0.3 is 15.0 Å². The number of hydrogen-bond donors (Lipinski definition) is 1. The Hall–Kier alpha value is -0.820. The van der Waals surface area contributed by atoms with E-state index >= 15 is 0 Å². The van der Waals surface area contributed by atoms with Crippen molar-refractivity contribution in [2.75, 3.05) is 26.1 Å². The molecule has 1 aliphatic carbocycles. The molecule has 0 radical (unpaired) electrons. The number of amides is 1. The summed E-state index contributed by atoms with van der Waals surface area (Å²) in [6.45, 7) is 0. The Morgan fingerprint density at radius 3 is 2.70 bits per heavy atom. The van der Waals surface area contributed by atoms with Crippen LogP contribution in [-0.4, -0.2) is 37.1 Å². The second kappa shape index (κ2) is 8.46. The molecular weight excluding hydrogens is 367 g/mol. The Bertz CT molecular complexity index is 449. The van der Waals surface area contributed by atoms with Gasteiger partial charge in [-0.1, -0.05) is 28.7 Å². The average molecular weight is 390 g/mol. The van der Waals surface area contributed by atoms with E-state index in [4.69, 9.17) is 4.74 Å².